The molecular formula is C25H18ClF5N8. The molecule has 5 aromatic rings. The maximum absolute atomic E-state index is 14.7. The molecule has 0 spiro atoms. The zero-order chi connectivity index (χ0) is 27.9. The summed E-state index contributed by atoms with van der Waals surface area (Å²) >= 11 is 5.92. The van der Waals surface area contributed by atoms with Crippen LogP contribution in [-0.4, -0.2) is 34.7 Å². The molecule has 0 amide bonds. The van der Waals surface area contributed by atoms with Crippen LogP contribution in [0.1, 0.15) is 23.0 Å². The highest BCUT2D eigenvalue weighted by atomic mass is 35.5. The number of hydrogen-bond acceptors (Lipinski definition) is 6. The minimum atomic E-state index is -4.58. The minimum absolute atomic E-state index is 0.0885. The Morgan fingerprint density at radius 2 is 1.77 bits per heavy atom. The Hall–Kier alpha value is -4.39. The van der Waals surface area contributed by atoms with Crippen LogP contribution in [0.15, 0.2) is 61.2 Å². The Labute approximate surface area is 222 Å². The third kappa shape index (κ3) is 5.17. The molecule has 0 bridgehead atoms. The normalized spacial score (nSPS) is 12.6. The predicted octanol–water partition coefficient (Wildman–Crippen LogP) is 5.50. The molecule has 0 saturated carbocycles. The van der Waals surface area contributed by atoms with E-state index in [9.17, 15) is 22.0 Å². The van der Waals surface area contributed by atoms with Crippen molar-refractivity contribution in [3.8, 4) is 22.4 Å². The van der Waals surface area contributed by atoms with Gasteiger partial charge in [-0.2, -0.15) is 22.7 Å². The van der Waals surface area contributed by atoms with Gasteiger partial charge in [-0.15, -0.1) is 0 Å². The van der Waals surface area contributed by atoms with Crippen molar-refractivity contribution in [3.05, 3.63) is 94.9 Å². The van der Waals surface area contributed by atoms with Gasteiger partial charge in [-0.05, 0) is 29.8 Å². The van der Waals surface area contributed by atoms with Crippen LogP contribution in [0, 0.1) is 11.8 Å². The van der Waals surface area contributed by atoms with E-state index in [-0.39, 0.29) is 28.4 Å². The van der Waals surface area contributed by atoms with Crippen LogP contribution >= 0.6 is 11.6 Å². The van der Waals surface area contributed by atoms with Gasteiger partial charge in [-0.3, -0.25) is 14.6 Å². The number of halogens is 6. The fourth-order valence-electron chi connectivity index (χ4n) is 4.15. The van der Waals surface area contributed by atoms with E-state index >= 15 is 0 Å². The van der Waals surface area contributed by atoms with Gasteiger partial charge in [0.2, 0.25) is 0 Å². The lowest BCUT2D eigenvalue weighted by atomic mass is 10.0. The average molecular weight is 561 g/mol. The van der Waals surface area contributed by atoms with Crippen molar-refractivity contribution in [1.82, 2.24) is 34.7 Å². The molecule has 1 aromatic carbocycles. The van der Waals surface area contributed by atoms with Crippen molar-refractivity contribution in [2.75, 3.05) is 5.73 Å². The summed E-state index contributed by atoms with van der Waals surface area (Å²) in [5.74, 6) is -1.48. The van der Waals surface area contributed by atoms with Crippen LogP contribution < -0.4 is 5.73 Å². The monoisotopic (exact) mass is 560 g/mol. The molecule has 5 rings (SSSR count). The molecular weight excluding hydrogens is 543 g/mol. The molecule has 8 nitrogen and oxygen atoms in total. The van der Waals surface area contributed by atoms with Crippen molar-refractivity contribution < 1.29 is 22.0 Å². The van der Waals surface area contributed by atoms with Crippen molar-refractivity contribution in [3.63, 3.8) is 0 Å². The number of aromatic nitrogens is 7. The molecule has 0 aliphatic carbocycles. The van der Waals surface area contributed by atoms with Crippen molar-refractivity contribution in [2.24, 2.45) is 7.05 Å². The maximum Gasteiger partial charge on any atom is 0.433 e. The number of alkyl halides is 3. The molecule has 39 heavy (non-hydrogen) atoms. The highest BCUT2D eigenvalue weighted by Gasteiger charge is 2.32. The van der Waals surface area contributed by atoms with E-state index < -0.39 is 29.7 Å². The van der Waals surface area contributed by atoms with Crippen LogP contribution in [0.3, 0.4) is 0 Å². The number of rotatable bonds is 6. The van der Waals surface area contributed by atoms with Gasteiger partial charge >= 0.3 is 6.18 Å². The van der Waals surface area contributed by atoms with E-state index in [0.29, 0.717) is 22.4 Å². The maximum atomic E-state index is 14.7. The van der Waals surface area contributed by atoms with Crippen molar-refractivity contribution in [1.29, 1.82) is 0 Å². The van der Waals surface area contributed by atoms with E-state index in [1.807, 2.05) is 0 Å². The topological polar surface area (TPSA) is 100 Å². The first-order valence-electron chi connectivity index (χ1n) is 11.3. The van der Waals surface area contributed by atoms with Gasteiger partial charge < -0.3 is 5.73 Å². The number of hydrogen-bond donors (Lipinski definition) is 1. The van der Waals surface area contributed by atoms with Crippen LogP contribution in [0.5, 0.6) is 0 Å². The van der Waals surface area contributed by atoms with E-state index in [1.54, 1.807) is 18.3 Å². The van der Waals surface area contributed by atoms with Crippen molar-refractivity contribution >= 4 is 17.3 Å². The second-order valence-corrected chi connectivity index (χ2v) is 9.04. The number of anilines is 1. The Morgan fingerprint density at radius 1 is 0.974 bits per heavy atom. The molecule has 1 atom stereocenters. The molecule has 0 saturated heterocycles. The van der Waals surface area contributed by atoms with Gasteiger partial charge in [0.1, 0.15) is 11.4 Å². The third-order valence-corrected chi connectivity index (χ3v) is 6.36. The average Bonchev–Trinajstić information content (AvgIpc) is 3.51. The largest absolute Gasteiger partial charge is 0.433 e. The van der Waals surface area contributed by atoms with Crippen LogP contribution in [0.25, 0.3) is 22.4 Å². The summed E-state index contributed by atoms with van der Waals surface area (Å²) < 4.78 is 70.7. The van der Waals surface area contributed by atoms with Crippen LogP contribution in [0.2, 0.25) is 5.02 Å². The zero-order valence-electron chi connectivity index (χ0n) is 20.0. The number of pyridine rings is 2. The fraction of sp³-hybridized carbons (Fsp3) is 0.160. The van der Waals surface area contributed by atoms with Gasteiger partial charge in [0.25, 0.3) is 5.95 Å². The minimum Gasteiger partial charge on any atom is -0.398 e. The molecule has 0 radical (unpaired) electrons. The zero-order valence-corrected chi connectivity index (χ0v) is 20.8. The number of aryl methyl sites for hydroxylation is 1. The Kier molecular flexibility index (Phi) is 6.76. The van der Waals surface area contributed by atoms with E-state index in [4.69, 9.17) is 17.3 Å². The Balaban J connectivity index is 1.54. The summed E-state index contributed by atoms with van der Waals surface area (Å²) in [6.45, 7) is 0. The first kappa shape index (κ1) is 26.2. The molecule has 0 fully saturated rings. The predicted molar refractivity (Wildman–Crippen MR) is 132 cm³/mol. The van der Waals surface area contributed by atoms with Crippen molar-refractivity contribution in [2.45, 2.75) is 18.6 Å². The van der Waals surface area contributed by atoms with E-state index in [2.05, 4.69) is 25.4 Å². The Bertz CT molecular complexity index is 1610. The van der Waals surface area contributed by atoms with Gasteiger partial charge in [0.05, 0.1) is 23.0 Å². The number of nitrogen functional groups attached to an aromatic ring is 1. The third-order valence-electron chi connectivity index (χ3n) is 6.07. The first-order valence-corrected chi connectivity index (χ1v) is 11.7. The van der Waals surface area contributed by atoms with E-state index in [0.717, 1.165) is 12.3 Å². The number of nitrogens with two attached hydrogens (primary N) is 1. The Morgan fingerprint density at radius 3 is 2.38 bits per heavy atom. The highest BCUT2D eigenvalue weighted by Crippen LogP contribution is 2.34. The molecule has 2 N–H and O–H groups in total. The molecule has 0 aliphatic heterocycles. The second kappa shape index (κ2) is 10.1. The summed E-state index contributed by atoms with van der Waals surface area (Å²) in [4.78, 5) is 8.00. The molecule has 14 heteroatoms. The van der Waals surface area contributed by atoms with Crippen LogP contribution in [0.4, 0.5) is 27.6 Å². The smallest absolute Gasteiger partial charge is 0.398 e. The number of nitrogens with zero attached hydrogens (tertiary/aromatic N) is 7. The SMILES string of the molecule is Cn1nnc(F)c1-c1cnn(C(Cc2ccc(C(F)(F)F)nc2)c2ccc(-c3c(N)ccc(Cl)c3F)cn2)c1. The summed E-state index contributed by atoms with van der Waals surface area (Å²) in [6.07, 6.45) is 1.06. The summed E-state index contributed by atoms with van der Waals surface area (Å²) in [7, 11) is 1.52. The lowest BCUT2D eigenvalue weighted by Crippen LogP contribution is -2.16. The van der Waals surface area contributed by atoms with Crippen LogP contribution in [-0.2, 0) is 19.6 Å². The molecule has 200 valence electrons. The lowest BCUT2D eigenvalue weighted by molar-refractivity contribution is -0.141. The second-order valence-electron chi connectivity index (χ2n) is 8.63. The molecule has 4 heterocycles. The lowest BCUT2D eigenvalue weighted by Gasteiger charge is -2.18. The highest BCUT2D eigenvalue weighted by molar-refractivity contribution is 6.31. The van der Waals surface area contributed by atoms with Gasteiger partial charge in [-0.1, -0.05) is 34.0 Å². The first-order chi connectivity index (χ1) is 18.5. The van der Waals surface area contributed by atoms with E-state index in [1.165, 1.54) is 47.0 Å². The quantitative estimate of drug-likeness (QED) is 0.217. The van der Waals surface area contributed by atoms with Gasteiger partial charge in [0.15, 0.2) is 5.82 Å². The molecule has 1 unspecified atom stereocenters. The van der Waals surface area contributed by atoms with Gasteiger partial charge in [-0.25, -0.2) is 9.07 Å². The molecule has 4 aromatic heterocycles. The standard InChI is InChI=1S/C25H18ClF5N8/c1-38-23(24(28)36-37-38)15-11-35-39(12-15)19(8-13-2-7-20(34-9-13)25(29,30)31)18-6-3-14(10-33-18)21-17(32)5-4-16(26)22(21)27/h2-7,9-12,19H,8,32H2,1H3. The van der Waals surface area contributed by atoms with Gasteiger partial charge in [0, 0.05) is 54.4 Å². The number of benzene rings is 1. The fourth-order valence-corrected chi connectivity index (χ4v) is 4.31. The molecule has 0 aliphatic rings. The summed E-state index contributed by atoms with van der Waals surface area (Å²) in [5, 5.41) is 11.3. The summed E-state index contributed by atoms with van der Waals surface area (Å²) in [5.41, 5.74) is 6.95. The summed E-state index contributed by atoms with van der Waals surface area (Å²) in [6, 6.07) is 7.59.